The van der Waals surface area contributed by atoms with Crippen molar-refractivity contribution in [1.82, 2.24) is 4.90 Å². The number of aliphatic carboxylic acids is 1. The van der Waals surface area contributed by atoms with Crippen LogP contribution in [0.3, 0.4) is 0 Å². The number of hydrogen-bond acceptors (Lipinski definition) is 3. The molecule has 0 aliphatic carbocycles. The summed E-state index contributed by atoms with van der Waals surface area (Å²) in [7, 11) is 0. The Bertz CT molecular complexity index is 381. The van der Waals surface area contributed by atoms with Crippen molar-refractivity contribution >= 4 is 11.9 Å². The lowest BCUT2D eigenvalue weighted by Gasteiger charge is -2.31. The van der Waals surface area contributed by atoms with Crippen LogP contribution < -0.4 is 5.73 Å². The maximum absolute atomic E-state index is 12.6. The minimum atomic E-state index is -4.87. The second-order valence-electron chi connectivity index (χ2n) is 5.04. The summed E-state index contributed by atoms with van der Waals surface area (Å²) in [5.74, 6) is -2.43. The first-order valence-electron chi connectivity index (χ1n) is 5.30. The number of carboxylic acid groups (broad SMARTS) is 1. The van der Waals surface area contributed by atoms with Gasteiger partial charge in [0.1, 0.15) is 0 Å². The third-order valence-corrected chi connectivity index (χ3v) is 3.31. The summed E-state index contributed by atoms with van der Waals surface area (Å²) in [4.78, 5) is 23.5. The van der Waals surface area contributed by atoms with E-state index in [2.05, 4.69) is 0 Å². The summed E-state index contributed by atoms with van der Waals surface area (Å²) in [6, 6.07) is 0. The lowest BCUT2D eigenvalue weighted by atomic mass is 9.90. The molecular weight excluding hydrogens is 253 g/mol. The van der Waals surface area contributed by atoms with E-state index >= 15 is 0 Å². The number of carbonyl (C=O) groups excluding carboxylic acids is 1. The maximum Gasteiger partial charge on any atom is 0.415 e. The molecule has 1 heterocycles. The number of alkyl halides is 3. The topological polar surface area (TPSA) is 83.6 Å². The van der Waals surface area contributed by atoms with E-state index in [0.29, 0.717) is 6.92 Å². The number of nitrogens with zero attached hydrogens (tertiary/aromatic N) is 1. The van der Waals surface area contributed by atoms with Crippen LogP contribution in [0.4, 0.5) is 13.2 Å². The molecule has 18 heavy (non-hydrogen) atoms. The molecule has 1 aliphatic rings. The molecule has 0 spiro atoms. The van der Waals surface area contributed by atoms with Crippen molar-refractivity contribution in [1.29, 1.82) is 0 Å². The van der Waals surface area contributed by atoms with Gasteiger partial charge in [-0.05, 0) is 20.3 Å². The minimum Gasteiger partial charge on any atom is -0.481 e. The summed E-state index contributed by atoms with van der Waals surface area (Å²) in [5.41, 5.74) is 0.818. The molecule has 0 radical (unpaired) electrons. The first-order chi connectivity index (χ1) is 7.92. The van der Waals surface area contributed by atoms with Crippen molar-refractivity contribution in [3.05, 3.63) is 0 Å². The predicted molar refractivity (Wildman–Crippen MR) is 55.6 cm³/mol. The van der Waals surface area contributed by atoms with Gasteiger partial charge in [0.25, 0.3) is 5.91 Å². The van der Waals surface area contributed by atoms with Crippen LogP contribution in [-0.4, -0.2) is 46.7 Å². The van der Waals surface area contributed by atoms with E-state index in [1.54, 1.807) is 0 Å². The van der Waals surface area contributed by atoms with Crippen molar-refractivity contribution in [2.75, 3.05) is 13.1 Å². The van der Waals surface area contributed by atoms with E-state index in [1.165, 1.54) is 6.92 Å². The normalized spacial score (nSPS) is 28.0. The Balaban J connectivity index is 2.87. The molecule has 2 unspecified atom stereocenters. The van der Waals surface area contributed by atoms with Gasteiger partial charge < -0.3 is 15.7 Å². The van der Waals surface area contributed by atoms with Crippen LogP contribution in [0.2, 0.25) is 0 Å². The van der Waals surface area contributed by atoms with Gasteiger partial charge in [-0.15, -0.1) is 0 Å². The van der Waals surface area contributed by atoms with Crippen molar-refractivity contribution in [2.24, 2.45) is 11.1 Å². The van der Waals surface area contributed by atoms with E-state index in [4.69, 9.17) is 10.8 Å². The molecule has 0 aromatic carbocycles. The molecule has 0 saturated carbocycles. The van der Waals surface area contributed by atoms with E-state index in [9.17, 15) is 22.8 Å². The Kier molecular flexibility index (Phi) is 3.37. The lowest BCUT2D eigenvalue weighted by Crippen LogP contribution is -2.62. The predicted octanol–water partition coefficient (Wildman–Crippen LogP) is 0.589. The average Bonchev–Trinajstić information content (AvgIpc) is 2.59. The zero-order chi connectivity index (χ0) is 14.4. The Labute approximate surface area is 102 Å². The molecule has 104 valence electrons. The summed E-state index contributed by atoms with van der Waals surface area (Å²) in [5, 5.41) is 8.94. The van der Waals surface area contributed by atoms with Crippen LogP contribution in [0.15, 0.2) is 0 Å². The second-order valence-corrected chi connectivity index (χ2v) is 5.04. The first-order valence-corrected chi connectivity index (χ1v) is 5.30. The molecule has 8 heteroatoms. The largest absolute Gasteiger partial charge is 0.481 e. The summed E-state index contributed by atoms with van der Waals surface area (Å²) in [6.07, 6.45) is -4.76. The maximum atomic E-state index is 12.6. The zero-order valence-electron chi connectivity index (χ0n) is 10.0. The number of likely N-dealkylation sites (tertiary alicyclic amines) is 1. The highest BCUT2D eigenvalue weighted by Gasteiger charge is 2.57. The fourth-order valence-electron chi connectivity index (χ4n) is 1.76. The van der Waals surface area contributed by atoms with Gasteiger partial charge in [0, 0.05) is 13.1 Å². The highest BCUT2D eigenvalue weighted by atomic mass is 19.4. The number of nitrogens with two attached hydrogens (primary N) is 1. The average molecular weight is 268 g/mol. The summed E-state index contributed by atoms with van der Waals surface area (Å²) >= 11 is 0. The molecular formula is C10H15F3N2O3. The monoisotopic (exact) mass is 268 g/mol. The molecule has 1 aliphatic heterocycles. The zero-order valence-corrected chi connectivity index (χ0v) is 10.0. The van der Waals surface area contributed by atoms with Gasteiger partial charge >= 0.3 is 12.1 Å². The molecule has 2 atom stereocenters. The number of hydrogen-bond donors (Lipinski definition) is 2. The molecule has 5 nitrogen and oxygen atoms in total. The smallest absolute Gasteiger partial charge is 0.415 e. The second kappa shape index (κ2) is 4.11. The van der Waals surface area contributed by atoms with E-state index in [1.807, 2.05) is 0 Å². The minimum absolute atomic E-state index is 0.0372. The number of rotatable bonds is 2. The van der Waals surface area contributed by atoms with Gasteiger partial charge in [-0.1, -0.05) is 0 Å². The van der Waals surface area contributed by atoms with Crippen molar-refractivity contribution in [2.45, 2.75) is 32.0 Å². The Morgan fingerprint density at radius 3 is 2.22 bits per heavy atom. The fraction of sp³-hybridized carbons (Fsp3) is 0.800. The highest BCUT2D eigenvalue weighted by Crippen LogP contribution is 2.35. The van der Waals surface area contributed by atoms with E-state index in [-0.39, 0.29) is 19.5 Å². The molecule has 0 aromatic rings. The van der Waals surface area contributed by atoms with Crippen LogP contribution in [0, 0.1) is 5.41 Å². The third kappa shape index (κ3) is 2.29. The first kappa shape index (κ1) is 14.7. The number of carboxylic acids is 1. The number of amides is 1. The highest BCUT2D eigenvalue weighted by molar-refractivity contribution is 5.88. The van der Waals surface area contributed by atoms with Gasteiger partial charge in [-0.25, -0.2) is 0 Å². The summed E-state index contributed by atoms with van der Waals surface area (Å²) in [6.45, 7) is 1.68. The number of carbonyl (C=O) groups is 2. The van der Waals surface area contributed by atoms with Gasteiger partial charge in [-0.3, -0.25) is 9.59 Å². The fourth-order valence-corrected chi connectivity index (χ4v) is 1.76. The standard InChI is InChI=1S/C10H15F3N2O3/c1-8(7(17)18)3-4-15(5-8)6(16)9(2,14)10(11,12)13/h3-5,14H2,1-2H3,(H,17,18). The molecule has 1 saturated heterocycles. The van der Waals surface area contributed by atoms with E-state index in [0.717, 1.165) is 4.90 Å². The quantitative estimate of drug-likeness (QED) is 0.767. The summed E-state index contributed by atoms with van der Waals surface area (Å²) < 4.78 is 37.8. The van der Waals surface area contributed by atoms with Crippen molar-refractivity contribution in [3.8, 4) is 0 Å². The SMILES string of the molecule is CC1(C(=O)O)CCN(C(=O)C(C)(N)C(F)(F)F)C1. The van der Waals surface area contributed by atoms with Crippen LogP contribution in [0.1, 0.15) is 20.3 Å². The Hall–Kier alpha value is -1.31. The van der Waals surface area contributed by atoms with Crippen molar-refractivity contribution < 1.29 is 27.9 Å². The van der Waals surface area contributed by atoms with Gasteiger partial charge in [-0.2, -0.15) is 13.2 Å². The van der Waals surface area contributed by atoms with Crippen LogP contribution in [-0.2, 0) is 9.59 Å². The van der Waals surface area contributed by atoms with Gasteiger partial charge in [0.2, 0.25) is 0 Å². The molecule has 3 N–H and O–H groups in total. The van der Waals surface area contributed by atoms with Gasteiger partial charge in [0.15, 0.2) is 5.54 Å². The van der Waals surface area contributed by atoms with Crippen LogP contribution in [0.5, 0.6) is 0 Å². The molecule has 1 rings (SSSR count). The van der Waals surface area contributed by atoms with Crippen LogP contribution >= 0.6 is 0 Å². The molecule has 0 bridgehead atoms. The third-order valence-electron chi connectivity index (χ3n) is 3.31. The lowest BCUT2D eigenvalue weighted by molar-refractivity contribution is -0.193. The van der Waals surface area contributed by atoms with Crippen molar-refractivity contribution in [3.63, 3.8) is 0 Å². The molecule has 1 fully saturated rings. The van der Waals surface area contributed by atoms with Gasteiger partial charge in [0.05, 0.1) is 5.41 Å². The molecule has 0 aromatic heterocycles. The molecule has 1 amide bonds. The van der Waals surface area contributed by atoms with Crippen LogP contribution in [0.25, 0.3) is 0 Å². The Morgan fingerprint density at radius 2 is 1.89 bits per heavy atom. The number of halogens is 3. The Morgan fingerprint density at radius 1 is 1.39 bits per heavy atom. The van der Waals surface area contributed by atoms with E-state index < -0.39 is 29.0 Å².